The van der Waals surface area contributed by atoms with Gasteiger partial charge in [0.25, 0.3) is 0 Å². The molecule has 0 unspecified atom stereocenters. The first-order valence-corrected chi connectivity index (χ1v) is 3.18. The molecule has 0 amide bonds. The van der Waals surface area contributed by atoms with Crippen LogP contribution in [0.25, 0.3) is 0 Å². The van der Waals surface area contributed by atoms with Crippen LogP contribution in [-0.4, -0.2) is 10.5 Å². The number of nitrogens with zero attached hydrogens (tertiary/aromatic N) is 2. The predicted octanol–water partition coefficient (Wildman–Crippen LogP) is 1.35. The van der Waals surface area contributed by atoms with E-state index in [0.717, 1.165) is 0 Å². The lowest BCUT2D eigenvalue weighted by molar-refractivity contribution is -0.553. The van der Waals surface area contributed by atoms with Gasteiger partial charge in [-0.1, -0.05) is 13.8 Å². The summed E-state index contributed by atoms with van der Waals surface area (Å²) in [6.45, 7) is 3.30. The molecule has 0 bridgehead atoms. The second kappa shape index (κ2) is 3.16. The zero-order valence-corrected chi connectivity index (χ0v) is 6.13. The van der Waals surface area contributed by atoms with Crippen LogP contribution >= 0.6 is 0 Å². The minimum absolute atomic E-state index is 0.271. The smallest absolute Gasteiger partial charge is 0.263 e. The van der Waals surface area contributed by atoms with Gasteiger partial charge in [-0.3, -0.25) is 10.1 Å². The largest absolute Gasteiger partial charge is 0.304 e. The maximum Gasteiger partial charge on any atom is 0.304 e. The van der Waals surface area contributed by atoms with Crippen molar-refractivity contribution in [2.45, 2.75) is 32.2 Å². The number of rotatable bonds is 3. The van der Waals surface area contributed by atoms with E-state index in [-0.39, 0.29) is 12.8 Å². The van der Waals surface area contributed by atoms with Crippen molar-refractivity contribution in [3.63, 3.8) is 0 Å². The molecule has 0 spiro atoms. The van der Waals surface area contributed by atoms with E-state index >= 15 is 0 Å². The molecule has 10 heavy (non-hydrogen) atoms. The molecule has 56 valence electrons. The fourth-order valence-corrected chi connectivity index (χ4v) is 0.707. The Morgan fingerprint density at radius 1 is 1.60 bits per heavy atom. The van der Waals surface area contributed by atoms with Crippen LogP contribution in [0.4, 0.5) is 0 Å². The van der Waals surface area contributed by atoms with Crippen LogP contribution in [0.5, 0.6) is 0 Å². The first-order valence-electron chi connectivity index (χ1n) is 3.18. The van der Waals surface area contributed by atoms with Gasteiger partial charge in [0.05, 0.1) is 0 Å². The van der Waals surface area contributed by atoms with Crippen LogP contribution in [0.2, 0.25) is 0 Å². The van der Waals surface area contributed by atoms with Gasteiger partial charge in [0.1, 0.15) is 6.07 Å². The lowest BCUT2D eigenvalue weighted by Gasteiger charge is -2.12. The standard InChI is InChI=1S/C6H10N2O2/c1-3-6(4-2,5-7)8(9)10/h3-4H2,1-2H3. The Balaban J connectivity index is 4.52. The maximum absolute atomic E-state index is 10.3. The summed E-state index contributed by atoms with van der Waals surface area (Å²) in [6, 6.07) is 1.72. The predicted molar refractivity (Wildman–Crippen MR) is 35.9 cm³/mol. The van der Waals surface area contributed by atoms with Gasteiger partial charge < -0.3 is 0 Å². The van der Waals surface area contributed by atoms with Gasteiger partial charge in [0, 0.05) is 17.8 Å². The van der Waals surface area contributed by atoms with E-state index in [4.69, 9.17) is 5.26 Å². The molecule has 0 heterocycles. The minimum Gasteiger partial charge on any atom is -0.263 e. The van der Waals surface area contributed by atoms with Crippen LogP contribution in [0.15, 0.2) is 0 Å². The lowest BCUT2D eigenvalue weighted by atomic mass is 9.96. The molecule has 4 heteroatoms. The van der Waals surface area contributed by atoms with E-state index in [0.29, 0.717) is 0 Å². The van der Waals surface area contributed by atoms with Crippen molar-refractivity contribution in [1.82, 2.24) is 0 Å². The van der Waals surface area contributed by atoms with Gasteiger partial charge in [-0.25, -0.2) is 0 Å². The van der Waals surface area contributed by atoms with Crippen LogP contribution in [0.3, 0.4) is 0 Å². The first kappa shape index (κ1) is 8.89. The summed E-state index contributed by atoms with van der Waals surface area (Å²) in [5, 5.41) is 18.8. The Bertz CT molecular complexity index is 167. The molecule has 0 atom stereocenters. The van der Waals surface area contributed by atoms with Gasteiger partial charge in [0.2, 0.25) is 0 Å². The molecule has 0 saturated heterocycles. The van der Waals surface area contributed by atoms with E-state index in [1.54, 1.807) is 19.9 Å². The molecule has 4 nitrogen and oxygen atoms in total. The van der Waals surface area contributed by atoms with Crippen LogP contribution in [0, 0.1) is 21.4 Å². The molecule has 0 saturated carbocycles. The van der Waals surface area contributed by atoms with Gasteiger partial charge in [-0.05, 0) is 0 Å². The van der Waals surface area contributed by atoms with E-state index < -0.39 is 10.5 Å². The maximum atomic E-state index is 10.3. The summed E-state index contributed by atoms with van der Waals surface area (Å²) in [7, 11) is 0. The van der Waals surface area contributed by atoms with Gasteiger partial charge in [0.15, 0.2) is 0 Å². The molecule has 0 aromatic heterocycles. The Morgan fingerprint density at radius 3 is 2.00 bits per heavy atom. The number of hydrogen-bond acceptors (Lipinski definition) is 3. The summed E-state index contributed by atoms with van der Waals surface area (Å²) in [5.41, 5.74) is -1.35. The van der Waals surface area contributed by atoms with Crippen molar-refractivity contribution >= 4 is 0 Å². The van der Waals surface area contributed by atoms with E-state index in [2.05, 4.69) is 0 Å². The third-order valence-corrected chi connectivity index (χ3v) is 1.73. The third kappa shape index (κ3) is 1.24. The van der Waals surface area contributed by atoms with Gasteiger partial charge in [-0.15, -0.1) is 0 Å². The highest BCUT2D eigenvalue weighted by molar-refractivity contribution is 4.98. The van der Waals surface area contributed by atoms with Crippen molar-refractivity contribution in [2.75, 3.05) is 0 Å². The van der Waals surface area contributed by atoms with Gasteiger partial charge in [-0.2, -0.15) is 5.26 Å². The lowest BCUT2D eigenvalue weighted by Crippen LogP contribution is -2.34. The molecule has 0 fully saturated rings. The molecule has 0 aromatic rings. The average molecular weight is 142 g/mol. The fourth-order valence-electron chi connectivity index (χ4n) is 0.707. The monoisotopic (exact) mass is 142 g/mol. The highest BCUT2D eigenvalue weighted by atomic mass is 16.6. The van der Waals surface area contributed by atoms with Crippen molar-refractivity contribution in [1.29, 1.82) is 5.26 Å². The summed E-state index contributed by atoms with van der Waals surface area (Å²) < 4.78 is 0. The molecule has 0 rings (SSSR count). The molecular formula is C6H10N2O2. The zero-order chi connectivity index (χ0) is 8.20. The SMILES string of the molecule is CCC(C#N)(CC)[N+](=O)[O-]. The highest BCUT2D eigenvalue weighted by Gasteiger charge is 2.38. The molecule has 0 aliphatic carbocycles. The Labute approximate surface area is 59.6 Å². The molecule has 0 N–H and O–H groups in total. The molecule has 0 aliphatic heterocycles. The zero-order valence-electron chi connectivity index (χ0n) is 6.13. The molecule has 0 aliphatic rings. The first-order chi connectivity index (χ1) is 4.63. The molecule has 0 aromatic carbocycles. The van der Waals surface area contributed by atoms with Crippen LogP contribution < -0.4 is 0 Å². The van der Waals surface area contributed by atoms with Crippen molar-refractivity contribution in [3.8, 4) is 6.07 Å². The Morgan fingerprint density at radius 2 is 2.00 bits per heavy atom. The minimum atomic E-state index is -1.35. The summed E-state index contributed by atoms with van der Waals surface area (Å²) >= 11 is 0. The second-order valence-electron chi connectivity index (χ2n) is 2.11. The number of nitriles is 1. The average Bonchev–Trinajstić information content (AvgIpc) is 1.92. The molecule has 0 radical (unpaired) electrons. The van der Waals surface area contributed by atoms with Crippen molar-refractivity contribution < 1.29 is 4.92 Å². The van der Waals surface area contributed by atoms with Crippen molar-refractivity contribution in [3.05, 3.63) is 10.1 Å². The number of hydrogen-bond donors (Lipinski definition) is 0. The van der Waals surface area contributed by atoms with Crippen LogP contribution in [-0.2, 0) is 0 Å². The third-order valence-electron chi connectivity index (χ3n) is 1.73. The summed E-state index contributed by atoms with van der Waals surface area (Å²) in [5.74, 6) is 0. The topological polar surface area (TPSA) is 66.9 Å². The molecular weight excluding hydrogens is 132 g/mol. The van der Waals surface area contributed by atoms with Gasteiger partial charge >= 0.3 is 5.54 Å². The summed E-state index contributed by atoms with van der Waals surface area (Å²) in [4.78, 5) is 9.79. The number of nitro groups is 1. The normalized spacial score (nSPS) is 10.5. The Kier molecular flexibility index (Phi) is 2.81. The Hall–Kier alpha value is -1.11. The van der Waals surface area contributed by atoms with E-state index in [1.807, 2.05) is 0 Å². The van der Waals surface area contributed by atoms with E-state index in [1.165, 1.54) is 0 Å². The summed E-state index contributed by atoms with van der Waals surface area (Å²) in [6.07, 6.45) is 0.542. The van der Waals surface area contributed by atoms with Crippen molar-refractivity contribution in [2.24, 2.45) is 0 Å². The fraction of sp³-hybridized carbons (Fsp3) is 0.833. The highest BCUT2D eigenvalue weighted by Crippen LogP contribution is 2.17. The van der Waals surface area contributed by atoms with E-state index in [9.17, 15) is 10.1 Å². The quantitative estimate of drug-likeness (QED) is 0.441. The van der Waals surface area contributed by atoms with Crippen LogP contribution in [0.1, 0.15) is 26.7 Å². The second-order valence-corrected chi connectivity index (χ2v) is 2.11.